The van der Waals surface area contributed by atoms with Gasteiger partial charge in [-0.05, 0) is 17.9 Å². The van der Waals surface area contributed by atoms with Gasteiger partial charge < -0.3 is 16.2 Å². The predicted molar refractivity (Wildman–Crippen MR) is 78.5 cm³/mol. The van der Waals surface area contributed by atoms with E-state index in [9.17, 15) is 14.4 Å². The molecule has 6 nitrogen and oxygen atoms in total. The molecule has 0 radical (unpaired) electrons. The quantitative estimate of drug-likeness (QED) is 0.625. The van der Waals surface area contributed by atoms with Gasteiger partial charge in [0.25, 0.3) is 0 Å². The van der Waals surface area contributed by atoms with Crippen molar-refractivity contribution in [3.8, 4) is 0 Å². The molecule has 2 amide bonds. The van der Waals surface area contributed by atoms with Crippen LogP contribution in [0, 0.1) is 0 Å². The summed E-state index contributed by atoms with van der Waals surface area (Å²) in [7, 11) is 0. The van der Waals surface area contributed by atoms with Crippen LogP contribution in [0.1, 0.15) is 17.7 Å². The van der Waals surface area contributed by atoms with Gasteiger partial charge in [0.1, 0.15) is 6.04 Å². The molecule has 0 aliphatic heterocycles. The second kappa shape index (κ2) is 8.60. The predicted octanol–water partition coefficient (Wildman–Crippen LogP) is 0.816. The molecular formula is C12H16N2O4S2. The Bertz CT molecular complexity index is 462. The standard InChI is InChI=1S/C12H16N2O4S2/c13-10(15)4-3-9(12(17)18)14-11(16)7-19-6-8-2-1-5-20-8/h1-2,5,9H,3-4,6-7H2,(H2,13,15)(H,14,16)(H,17,18)/t9-/m0/s1. The monoisotopic (exact) mass is 316 g/mol. The first-order valence-corrected chi connectivity index (χ1v) is 7.93. The van der Waals surface area contributed by atoms with Crippen LogP contribution in [-0.4, -0.2) is 34.7 Å². The molecular weight excluding hydrogens is 300 g/mol. The van der Waals surface area contributed by atoms with Gasteiger partial charge in [0.15, 0.2) is 0 Å². The minimum atomic E-state index is -1.16. The first-order chi connectivity index (χ1) is 9.49. The molecule has 0 fully saturated rings. The van der Waals surface area contributed by atoms with Crippen LogP contribution in [0.3, 0.4) is 0 Å². The summed E-state index contributed by atoms with van der Waals surface area (Å²) in [5.74, 6) is -1.22. The van der Waals surface area contributed by atoms with Crippen molar-refractivity contribution >= 4 is 40.9 Å². The molecule has 0 spiro atoms. The highest BCUT2D eigenvalue weighted by Gasteiger charge is 2.20. The van der Waals surface area contributed by atoms with Crippen LogP contribution in [0.2, 0.25) is 0 Å². The third-order valence-electron chi connectivity index (χ3n) is 2.37. The second-order valence-electron chi connectivity index (χ2n) is 4.04. The summed E-state index contributed by atoms with van der Waals surface area (Å²) in [6.45, 7) is 0. The highest BCUT2D eigenvalue weighted by Crippen LogP contribution is 2.16. The number of rotatable bonds is 9. The molecule has 1 rings (SSSR count). The van der Waals surface area contributed by atoms with Gasteiger partial charge in [-0.25, -0.2) is 4.79 Å². The third-order valence-corrected chi connectivity index (χ3v) is 4.41. The summed E-state index contributed by atoms with van der Waals surface area (Å²) in [6.07, 6.45) is -0.0639. The fraction of sp³-hybridized carbons (Fsp3) is 0.417. The maximum absolute atomic E-state index is 11.6. The number of thioether (sulfide) groups is 1. The Kier molecular flexibility index (Phi) is 7.10. The van der Waals surface area contributed by atoms with Gasteiger partial charge in [0.05, 0.1) is 5.75 Å². The molecule has 0 aliphatic carbocycles. The lowest BCUT2D eigenvalue weighted by atomic mass is 10.1. The van der Waals surface area contributed by atoms with E-state index in [1.54, 1.807) is 11.3 Å². The summed E-state index contributed by atoms with van der Waals surface area (Å²) < 4.78 is 0. The van der Waals surface area contributed by atoms with Gasteiger partial charge in [-0.2, -0.15) is 0 Å². The Balaban J connectivity index is 2.30. The van der Waals surface area contributed by atoms with E-state index in [4.69, 9.17) is 10.8 Å². The number of thiophene rings is 1. The summed E-state index contributed by atoms with van der Waals surface area (Å²) in [6, 6.07) is 2.84. The van der Waals surface area contributed by atoms with Crippen molar-refractivity contribution < 1.29 is 19.5 Å². The Labute approximate surface area is 124 Å². The van der Waals surface area contributed by atoms with Crippen molar-refractivity contribution in [2.24, 2.45) is 5.73 Å². The third kappa shape index (κ3) is 6.58. The van der Waals surface area contributed by atoms with Crippen LogP contribution in [0.15, 0.2) is 17.5 Å². The Hall–Kier alpha value is -1.54. The van der Waals surface area contributed by atoms with Crippen LogP contribution in [0.25, 0.3) is 0 Å². The van der Waals surface area contributed by atoms with Crippen molar-refractivity contribution in [2.75, 3.05) is 5.75 Å². The summed E-state index contributed by atoms with van der Waals surface area (Å²) in [5, 5.41) is 13.3. The molecule has 1 aromatic heterocycles. The number of carbonyl (C=O) groups excluding carboxylic acids is 2. The van der Waals surface area contributed by atoms with E-state index >= 15 is 0 Å². The maximum Gasteiger partial charge on any atom is 0.326 e. The van der Waals surface area contributed by atoms with Gasteiger partial charge in [0, 0.05) is 17.1 Å². The molecule has 8 heteroatoms. The number of primary amides is 1. The second-order valence-corrected chi connectivity index (χ2v) is 6.05. The van der Waals surface area contributed by atoms with Crippen molar-refractivity contribution in [2.45, 2.75) is 24.6 Å². The zero-order valence-corrected chi connectivity index (χ0v) is 12.3. The number of carbonyl (C=O) groups is 3. The molecule has 0 saturated heterocycles. The largest absolute Gasteiger partial charge is 0.480 e. The molecule has 20 heavy (non-hydrogen) atoms. The van der Waals surface area contributed by atoms with E-state index in [1.807, 2.05) is 17.5 Å². The fourth-order valence-electron chi connectivity index (χ4n) is 1.42. The van der Waals surface area contributed by atoms with Crippen LogP contribution >= 0.6 is 23.1 Å². The average molecular weight is 316 g/mol. The SMILES string of the molecule is NC(=O)CC[C@H](NC(=O)CSCc1cccs1)C(=O)O. The molecule has 0 unspecified atom stereocenters. The van der Waals surface area contributed by atoms with Crippen LogP contribution < -0.4 is 11.1 Å². The van der Waals surface area contributed by atoms with Crippen LogP contribution in [0.5, 0.6) is 0 Å². The van der Waals surface area contributed by atoms with Crippen molar-refractivity contribution in [3.63, 3.8) is 0 Å². The number of aliphatic carboxylic acids is 1. The number of hydrogen-bond acceptors (Lipinski definition) is 5. The van der Waals surface area contributed by atoms with Gasteiger partial charge in [-0.15, -0.1) is 23.1 Å². The zero-order chi connectivity index (χ0) is 15.0. The van der Waals surface area contributed by atoms with E-state index in [0.717, 1.165) is 4.88 Å². The number of hydrogen-bond donors (Lipinski definition) is 3. The van der Waals surface area contributed by atoms with Gasteiger partial charge >= 0.3 is 5.97 Å². The minimum absolute atomic E-state index is 0.00595. The maximum atomic E-state index is 11.6. The molecule has 1 atom stereocenters. The van der Waals surface area contributed by atoms with E-state index in [2.05, 4.69) is 5.32 Å². The number of amides is 2. The first-order valence-electron chi connectivity index (χ1n) is 5.89. The van der Waals surface area contributed by atoms with Crippen molar-refractivity contribution in [3.05, 3.63) is 22.4 Å². The Morgan fingerprint density at radius 3 is 2.75 bits per heavy atom. The van der Waals surface area contributed by atoms with Crippen molar-refractivity contribution in [1.29, 1.82) is 0 Å². The fourth-order valence-corrected chi connectivity index (χ4v) is 3.10. The number of carboxylic acids is 1. The van der Waals surface area contributed by atoms with Gasteiger partial charge in [-0.1, -0.05) is 6.07 Å². The summed E-state index contributed by atoms with van der Waals surface area (Å²) in [5.41, 5.74) is 4.96. The lowest BCUT2D eigenvalue weighted by Gasteiger charge is -2.13. The molecule has 0 aliphatic rings. The van der Waals surface area contributed by atoms with E-state index < -0.39 is 17.9 Å². The highest BCUT2D eigenvalue weighted by atomic mass is 32.2. The average Bonchev–Trinajstić information content (AvgIpc) is 2.87. The van der Waals surface area contributed by atoms with Gasteiger partial charge in [-0.3, -0.25) is 9.59 Å². The molecule has 0 bridgehead atoms. The molecule has 1 heterocycles. The first kappa shape index (κ1) is 16.5. The highest BCUT2D eigenvalue weighted by molar-refractivity contribution is 7.99. The van der Waals surface area contributed by atoms with E-state index in [1.165, 1.54) is 11.8 Å². The molecule has 1 aromatic rings. The molecule has 0 saturated carbocycles. The lowest BCUT2D eigenvalue weighted by molar-refractivity contribution is -0.141. The number of carboxylic acid groups (broad SMARTS) is 1. The molecule has 4 N–H and O–H groups in total. The van der Waals surface area contributed by atoms with Crippen LogP contribution in [0.4, 0.5) is 0 Å². The smallest absolute Gasteiger partial charge is 0.326 e. The number of nitrogens with two attached hydrogens (primary N) is 1. The lowest BCUT2D eigenvalue weighted by Crippen LogP contribution is -2.42. The van der Waals surface area contributed by atoms with Gasteiger partial charge in [0.2, 0.25) is 11.8 Å². The molecule has 110 valence electrons. The van der Waals surface area contributed by atoms with Crippen LogP contribution in [-0.2, 0) is 20.1 Å². The topological polar surface area (TPSA) is 109 Å². The normalized spacial score (nSPS) is 11.8. The molecule has 0 aromatic carbocycles. The minimum Gasteiger partial charge on any atom is -0.480 e. The van der Waals surface area contributed by atoms with Crippen molar-refractivity contribution in [1.82, 2.24) is 5.32 Å². The zero-order valence-electron chi connectivity index (χ0n) is 10.7. The Morgan fingerprint density at radius 2 is 2.20 bits per heavy atom. The Morgan fingerprint density at radius 1 is 1.45 bits per heavy atom. The number of nitrogens with one attached hydrogen (secondary N) is 1. The van der Waals surface area contributed by atoms with E-state index in [0.29, 0.717) is 5.75 Å². The summed E-state index contributed by atoms with van der Waals surface area (Å²) >= 11 is 3.02. The van der Waals surface area contributed by atoms with E-state index in [-0.39, 0.29) is 24.5 Å². The summed E-state index contributed by atoms with van der Waals surface area (Å²) in [4.78, 5) is 34.3.